The van der Waals surface area contributed by atoms with Crippen molar-refractivity contribution in [3.8, 4) is 5.75 Å². The Labute approximate surface area is 143 Å². The summed E-state index contributed by atoms with van der Waals surface area (Å²) in [6, 6.07) is 15.4. The van der Waals surface area contributed by atoms with Crippen LogP contribution >= 0.6 is 12.4 Å². The van der Waals surface area contributed by atoms with Crippen molar-refractivity contribution in [3.05, 3.63) is 65.2 Å². The summed E-state index contributed by atoms with van der Waals surface area (Å²) in [6.45, 7) is 4.31. The number of nitrogens with two attached hydrogens (primary N) is 1. The molecule has 1 unspecified atom stereocenters. The monoisotopic (exact) mass is 334 g/mol. The van der Waals surface area contributed by atoms with Crippen LogP contribution in [0, 0.1) is 13.8 Å². The molecule has 0 spiro atoms. The lowest BCUT2D eigenvalue weighted by atomic mass is 10.1. The van der Waals surface area contributed by atoms with E-state index in [9.17, 15) is 4.79 Å². The number of benzene rings is 2. The maximum absolute atomic E-state index is 11.9. The van der Waals surface area contributed by atoms with E-state index in [1.165, 1.54) is 0 Å². The Morgan fingerprint density at radius 2 is 1.70 bits per heavy atom. The standard InChI is InChI=1S/C18H22N2O2.ClH/c1-13-7-6-8-14(2)18(13)22-12-17(21)20-11-16(19)15-9-4-3-5-10-15;/h3-10,16H,11-12,19H2,1-2H3,(H,20,21);1H. The second kappa shape index (κ2) is 9.18. The first-order valence-electron chi connectivity index (χ1n) is 7.34. The van der Waals surface area contributed by atoms with Gasteiger partial charge < -0.3 is 15.8 Å². The molecule has 0 aromatic heterocycles. The topological polar surface area (TPSA) is 64.3 Å². The fourth-order valence-electron chi connectivity index (χ4n) is 2.26. The van der Waals surface area contributed by atoms with Gasteiger partial charge in [0.1, 0.15) is 5.75 Å². The van der Waals surface area contributed by atoms with E-state index in [2.05, 4.69) is 5.32 Å². The lowest BCUT2D eigenvalue weighted by molar-refractivity contribution is -0.123. The zero-order valence-electron chi connectivity index (χ0n) is 13.4. The van der Waals surface area contributed by atoms with Gasteiger partial charge in [0.25, 0.3) is 5.91 Å². The third-order valence-electron chi connectivity index (χ3n) is 3.50. The van der Waals surface area contributed by atoms with Gasteiger partial charge in [-0.15, -0.1) is 12.4 Å². The highest BCUT2D eigenvalue weighted by molar-refractivity contribution is 5.85. The minimum Gasteiger partial charge on any atom is -0.483 e. The molecule has 4 nitrogen and oxygen atoms in total. The Morgan fingerprint density at radius 3 is 2.30 bits per heavy atom. The largest absolute Gasteiger partial charge is 0.483 e. The minimum absolute atomic E-state index is 0. The number of carbonyl (C=O) groups excluding carboxylic acids is 1. The number of rotatable bonds is 6. The molecule has 5 heteroatoms. The molecule has 0 aliphatic carbocycles. The molecule has 3 N–H and O–H groups in total. The predicted molar refractivity (Wildman–Crippen MR) is 95.0 cm³/mol. The van der Waals surface area contributed by atoms with E-state index in [1.807, 2.05) is 62.4 Å². The molecule has 0 aliphatic heterocycles. The van der Waals surface area contributed by atoms with Crippen LogP contribution in [-0.2, 0) is 4.79 Å². The summed E-state index contributed by atoms with van der Waals surface area (Å²) in [5, 5.41) is 2.80. The first-order valence-corrected chi connectivity index (χ1v) is 7.34. The summed E-state index contributed by atoms with van der Waals surface area (Å²) < 4.78 is 5.61. The summed E-state index contributed by atoms with van der Waals surface area (Å²) in [4.78, 5) is 11.9. The molecule has 1 amide bonds. The molecular weight excluding hydrogens is 312 g/mol. The Bertz CT molecular complexity index is 612. The number of para-hydroxylation sites is 1. The van der Waals surface area contributed by atoms with Crippen LogP contribution in [0.25, 0.3) is 0 Å². The van der Waals surface area contributed by atoms with Crippen LogP contribution < -0.4 is 15.8 Å². The molecule has 2 rings (SSSR count). The molecule has 0 saturated heterocycles. The number of hydrogen-bond acceptors (Lipinski definition) is 3. The number of aryl methyl sites for hydroxylation is 2. The average molecular weight is 335 g/mol. The molecule has 0 saturated carbocycles. The highest BCUT2D eigenvalue weighted by Gasteiger charge is 2.10. The molecule has 124 valence electrons. The third kappa shape index (κ3) is 5.58. The molecule has 2 aromatic carbocycles. The first-order chi connectivity index (χ1) is 10.6. The predicted octanol–water partition coefficient (Wildman–Crippen LogP) is 2.92. The first kappa shape index (κ1) is 19.0. The highest BCUT2D eigenvalue weighted by Crippen LogP contribution is 2.22. The molecule has 0 fully saturated rings. The SMILES string of the molecule is Cc1cccc(C)c1OCC(=O)NCC(N)c1ccccc1.Cl. The molecular formula is C18H23ClN2O2. The number of hydrogen-bond donors (Lipinski definition) is 2. The second-order valence-corrected chi connectivity index (χ2v) is 5.33. The van der Waals surface area contributed by atoms with Crippen molar-refractivity contribution in [1.82, 2.24) is 5.32 Å². The quantitative estimate of drug-likeness (QED) is 0.853. The normalized spacial score (nSPS) is 11.3. The summed E-state index contributed by atoms with van der Waals surface area (Å²) in [5.74, 6) is 0.596. The van der Waals surface area contributed by atoms with Gasteiger partial charge in [0.05, 0.1) is 0 Å². The van der Waals surface area contributed by atoms with E-state index in [4.69, 9.17) is 10.5 Å². The highest BCUT2D eigenvalue weighted by atomic mass is 35.5. The van der Waals surface area contributed by atoms with Gasteiger partial charge in [-0.3, -0.25) is 4.79 Å². The summed E-state index contributed by atoms with van der Waals surface area (Å²) in [5.41, 5.74) is 9.09. The van der Waals surface area contributed by atoms with Gasteiger partial charge in [-0.2, -0.15) is 0 Å². The Hall–Kier alpha value is -2.04. The van der Waals surface area contributed by atoms with E-state index in [1.54, 1.807) is 0 Å². The third-order valence-corrected chi connectivity index (χ3v) is 3.50. The van der Waals surface area contributed by atoms with E-state index in [-0.39, 0.29) is 31.0 Å². The summed E-state index contributed by atoms with van der Waals surface area (Å²) in [6.07, 6.45) is 0. The van der Waals surface area contributed by atoms with Crippen LogP contribution in [0.1, 0.15) is 22.7 Å². The van der Waals surface area contributed by atoms with Crippen LogP contribution in [0.4, 0.5) is 0 Å². The Kier molecular flexibility index (Phi) is 7.59. The summed E-state index contributed by atoms with van der Waals surface area (Å²) in [7, 11) is 0. The number of nitrogens with one attached hydrogen (secondary N) is 1. The molecule has 0 bridgehead atoms. The summed E-state index contributed by atoms with van der Waals surface area (Å²) >= 11 is 0. The fraction of sp³-hybridized carbons (Fsp3) is 0.278. The van der Waals surface area contributed by atoms with E-state index in [0.29, 0.717) is 6.54 Å². The number of halogens is 1. The van der Waals surface area contributed by atoms with Gasteiger partial charge in [-0.05, 0) is 30.5 Å². The maximum Gasteiger partial charge on any atom is 0.258 e. The number of carbonyl (C=O) groups is 1. The van der Waals surface area contributed by atoms with Crippen molar-refractivity contribution in [2.24, 2.45) is 5.73 Å². The number of amides is 1. The van der Waals surface area contributed by atoms with E-state index < -0.39 is 0 Å². The second-order valence-electron chi connectivity index (χ2n) is 5.33. The van der Waals surface area contributed by atoms with Gasteiger partial charge in [-0.25, -0.2) is 0 Å². The van der Waals surface area contributed by atoms with Crippen LogP contribution in [0.2, 0.25) is 0 Å². The molecule has 0 radical (unpaired) electrons. The minimum atomic E-state index is -0.217. The van der Waals surface area contributed by atoms with Crippen LogP contribution in [0.5, 0.6) is 5.75 Å². The van der Waals surface area contributed by atoms with Crippen molar-refractivity contribution in [3.63, 3.8) is 0 Å². The van der Waals surface area contributed by atoms with Crippen LogP contribution in [-0.4, -0.2) is 19.1 Å². The smallest absolute Gasteiger partial charge is 0.258 e. The molecule has 1 atom stereocenters. The molecule has 2 aromatic rings. The van der Waals surface area contributed by atoms with E-state index in [0.717, 1.165) is 22.4 Å². The van der Waals surface area contributed by atoms with E-state index >= 15 is 0 Å². The van der Waals surface area contributed by atoms with Crippen molar-refractivity contribution in [2.45, 2.75) is 19.9 Å². The van der Waals surface area contributed by atoms with Gasteiger partial charge >= 0.3 is 0 Å². The molecule has 0 aliphatic rings. The maximum atomic E-state index is 11.9. The van der Waals surface area contributed by atoms with Crippen molar-refractivity contribution >= 4 is 18.3 Å². The van der Waals surface area contributed by atoms with Gasteiger partial charge in [0.2, 0.25) is 0 Å². The zero-order valence-corrected chi connectivity index (χ0v) is 14.2. The zero-order chi connectivity index (χ0) is 15.9. The average Bonchev–Trinajstić information content (AvgIpc) is 2.53. The van der Waals surface area contributed by atoms with Gasteiger partial charge in [0.15, 0.2) is 6.61 Å². The molecule has 0 heterocycles. The van der Waals surface area contributed by atoms with Crippen molar-refractivity contribution in [2.75, 3.05) is 13.2 Å². The van der Waals surface area contributed by atoms with Gasteiger partial charge in [0, 0.05) is 12.6 Å². The fourth-order valence-corrected chi connectivity index (χ4v) is 2.26. The van der Waals surface area contributed by atoms with Crippen LogP contribution in [0.15, 0.2) is 48.5 Å². The molecule has 23 heavy (non-hydrogen) atoms. The van der Waals surface area contributed by atoms with Gasteiger partial charge in [-0.1, -0.05) is 48.5 Å². The Balaban J connectivity index is 0.00000264. The lowest BCUT2D eigenvalue weighted by Crippen LogP contribution is -2.35. The van der Waals surface area contributed by atoms with Crippen molar-refractivity contribution in [1.29, 1.82) is 0 Å². The lowest BCUT2D eigenvalue weighted by Gasteiger charge is -2.14. The number of ether oxygens (including phenoxy) is 1. The van der Waals surface area contributed by atoms with Crippen molar-refractivity contribution < 1.29 is 9.53 Å². The van der Waals surface area contributed by atoms with Crippen LogP contribution in [0.3, 0.4) is 0 Å². The Morgan fingerprint density at radius 1 is 1.09 bits per heavy atom.